The fourth-order valence-electron chi connectivity index (χ4n) is 1.52. The van der Waals surface area contributed by atoms with Crippen molar-refractivity contribution in [3.05, 3.63) is 23.8 Å². The summed E-state index contributed by atoms with van der Waals surface area (Å²) < 4.78 is 9.62. The predicted octanol–water partition coefficient (Wildman–Crippen LogP) is 1.34. The Morgan fingerprint density at radius 2 is 2.11 bits per heavy atom. The van der Waals surface area contributed by atoms with Gasteiger partial charge in [-0.25, -0.2) is 4.79 Å². The van der Waals surface area contributed by atoms with Gasteiger partial charge < -0.3 is 19.9 Å². The van der Waals surface area contributed by atoms with Crippen LogP contribution in [0, 0.1) is 6.92 Å². The highest BCUT2D eigenvalue weighted by molar-refractivity contribution is 5.79. The zero-order valence-electron chi connectivity index (χ0n) is 11.1. The fourth-order valence-corrected chi connectivity index (χ4v) is 1.52. The molecule has 0 saturated carbocycles. The number of anilines is 1. The minimum Gasteiger partial charge on any atom is -0.497 e. The molecule has 0 aromatic heterocycles. The predicted molar refractivity (Wildman–Crippen MR) is 68.9 cm³/mol. The van der Waals surface area contributed by atoms with Crippen LogP contribution >= 0.6 is 0 Å². The molecule has 100 valence electrons. The molecule has 18 heavy (non-hydrogen) atoms. The summed E-state index contributed by atoms with van der Waals surface area (Å²) in [5, 5.41) is 12.9. The summed E-state index contributed by atoms with van der Waals surface area (Å²) in [6.07, 6.45) is 0. The van der Waals surface area contributed by atoms with Crippen molar-refractivity contribution in [2.24, 2.45) is 0 Å². The molecule has 5 heteroatoms. The van der Waals surface area contributed by atoms with Crippen LogP contribution in [-0.2, 0) is 9.53 Å². The summed E-state index contributed by atoms with van der Waals surface area (Å²) in [5.74, 6) is 0.0962. The minimum absolute atomic E-state index is 0.0762. The van der Waals surface area contributed by atoms with Crippen molar-refractivity contribution in [2.75, 3.05) is 26.1 Å². The third kappa shape index (κ3) is 3.37. The number of aryl methyl sites for hydroxylation is 1. The Labute approximate surface area is 107 Å². The second-order valence-electron chi connectivity index (χ2n) is 4.30. The quantitative estimate of drug-likeness (QED) is 0.775. The van der Waals surface area contributed by atoms with Crippen LogP contribution in [0.25, 0.3) is 0 Å². The molecule has 0 saturated heterocycles. The number of carbonyl (C=O) groups is 1. The van der Waals surface area contributed by atoms with Crippen LogP contribution in [0.4, 0.5) is 5.69 Å². The molecule has 0 aliphatic heterocycles. The van der Waals surface area contributed by atoms with E-state index in [4.69, 9.17) is 4.74 Å². The number of rotatable bonds is 5. The molecule has 1 atom stereocenters. The molecule has 0 bridgehead atoms. The van der Waals surface area contributed by atoms with Crippen LogP contribution in [0.15, 0.2) is 18.2 Å². The Morgan fingerprint density at radius 3 is 2.61 bits per heavy atom. The number of nitrogens with one attached hydrogen (secondary N) is 1. The van der Waals surface area contributed by atoms with Gasteiger partial charge in [-0.2, -0.15) is 0 Å². The largest absolute Gasteiger partial charge is 0.497 e. The highest BCUT2D eigenvalue weighted by Gasteiger charge is 2.31. The molecule has 2 N–H and O–H groups in total. The van der Waals surface area contributed by atoms with Gasteiger partial charge in [-0.05, 0) is 37.6 Å². The van der Waals surface area contributed by atoms with Crippen LogP contribution < -0.4 is 10.1 Å². The van der Waals surface area contributed by atoms with Crippen molar-refractivity contribution in [3.8, 4) is 5.75 Å². The van der Waals surface area contributed by atoms with Gasteiger partial charge in [0.25, 0.3) is 0 Å². The number of esters is 1. The maximum Gasteiger partial charge on any atom is 0.339 e. The highest BCUT2D eigenvalue weighted by atomic mass is 16.5. The molecule has 1 unspecified atom stereocenters. The minimum atomic E-state index is -1.55. The van der Waals surface area contributed by atoms with E-state index in [2.05, 4.69) is 10.1 Å². The molecular weight excluding hydrogens is 234 g/mol. The van der Waals surface area contributed by atoms with Crippen molar-refractivity contribution < 1.29 is 19.4 Å². The molecule has 1 rings (SSSR count). The van der Waals surface area contributed by atoms with Crippen molar-refractivity contribution >= 4 is 11.7 Å². The molecule has 1 aromatic rings. The van der Waals surface area contributed by atoms with E-state index in [-0.39, 0.29) is 6.54 Å². The van der Waals surface area contributed by atoms with Gasteiger partial charge >= 0.3 is 5.97 Å². The molecule has 1 aromatic carbocycles. The summed E-state index contributed by atoms with van der Waals surface area (Å²) in [4.78, 5) is 11.3. The van der Waals surface area contributed by atoms with Crippen LogP contribution in [0.2, 0.25) is 0 Å². The third-order valence-electron chi connectivity index (χ3n) is 2.68. The first-order valence-corrected chi connectivity index (χ1v) is 5.60. The summed E-state index contributed by atoms with van der Waals surface area (Å²) in [7, 11) is 2.85. The van der Waals surface area contributed by atoms with Crippen molar-refractivity contribution in [2.45, 2.75) is 19.4 Å². The Balaban J connectivity index is 2.72. The second-order valence-corrected chi connectivity index (χ2v) is 4.30. The maximum atomic E-state index is 11.3. The lowest BCUT2D eigenvalue weighted by atomic mass is 10.1. The lowest BCUT2D eigenvalue weighted by Crippen LogP contribution is -2.42. The zero-order valence-corrected chi connectivity index (χ0v) is 11.1. The number of benzene rings is 1. The molecular formula is C13H19NO4. The first kappa shape index (κ1) is 14.3. The van der Waals surface area contributed by atoms with E-state index in [9.17, 15) is 9.90 Å². The summed E-state index contributed by atoms with van der Waals surface area (Å²) in [5.41, 5.74) is 0.246. The van der Waals surface area contributed by atoms with E-state index in [1.165, 1.54) is 14.0 Å². The van der Waals surface area contributed by atoms with Crippen molar-refractivity contribution in [1.82, 2.24) is 0 Å². The molecule has 0 amide bonds. The van der Waals surface area contributed by atoms with E-state index in [0.29, 0.717) is 0 Å². The van der Waals surface area contributed by atoms with Gasteiger partial charge in [0, 0.05) is 5.69 Å². The first-order valence-electron chi connectivity index (χ1n) is 5.60. The summed E-state index contributed by atoms with van der Waals surface area (Å²) in [6.45, 7) is 3.40. The van der Waals surface area contributed by atoms with Crippen LogP contribution in [0.5, 0.6) is 5.75 Å². The number of aliphatic hydroxyl groups is 1. The van der Waals surface area contributed by atoms with E-state index in [1.54, 1.807) is 7.11 Å². The lowest BCUT2D eigenvalue weighted by molar-refractivity contribution is -0.158. The van der Waals surface area contributed by atoms with E-state index < -0.39 is 11.6 Å². The Bertz CT molecular complexity index is 429. The molecule has 0 fully saturated rings. The molecule has 0 aliphatic carbocycles. The highest BCUT2D eigenvalue weighted by Crippen LogP contribution is 2.21. The maximum absolute atomic E-state index is 11.3. The average Bonchev–Trinajstić information content (AvgIpc) is 2.36. The molecule has 0 radical (unpaired) electrons. The normalized spacial score (nSPS) is 13.6. The summed E-state index contributed by atoms with van der Waals surface area (Å²) in [6, 6.07) is 5.51. The smallest absolute Gasteiger partial charge is 0.339 e. The Hall–Kier alpha value is -1.75. The molecule has 0 aliphatic rings. The first-order chi connectivity index (χ1) is 8.40. The average molecular weight is 253 g/mol. The van der Waals surface area contributed by atoms with E-state index in [0.717, 1.165) is 17.0 Å². The number of carbonyl (C=O) groups excluding carboxylic acids is 1. The van der Waals surface area contributed by atoms with Gasteiger partial charge in [-0.1, -0.05) is 0 Å². The van der Waals surface area contributed by atoms with Crippen molar-refractivity contribution in [3.63, 3.8) is 0 Å². The number of methoxy groups -OCH3 is 2. The molecule has 0 heterocycles. The van der Waals surface area contributed by atoms with Crippen LogP contribution in [-0.4, -0.2) is 37.4 Å². The van der Waals surface area contributed by atoms with Gasteiger partial charge in [-0.15, -0.1) is 0 Å². The molecule has 5 nitrogen and oxygen atoms in total. The van der Waals surface area contributed by atoms with Gasteiger partial charge in [0.15, 0.2) is 5.60 Å². The standard InChI is InChI=1S/C13H19NO4/c1-9-7-10(17-3)5-6-11(9)14-8-13(2,16)12(15)18-4/h5-7,14,16H,8H2,1-4H3. The molecule has 0 spiro atoms. The zero-order chi connectivity index (χ0) is 13.8. The number of hydrogen-bond donors (Lipinski definition) is 2. The number of hydrogen-bond acceptors (Lipinski definition) is 5. The van der Waals surface area contributed by atoms with Gasteiger partial charge in [0.2, 0.25) is 0 Å². The monoisotopic (exact) mass is 253 g/mol. The van der Waals surface area contributed by atoms with Gasteiger partial charge in [0.05, 0.1) is 20.8 Å². The second kappa shape index (κ2) is 5.73. The van der Waals surface area contributed by atoms with Gasteiger partial charge in [0.1, 0.15) is 5.75 Å². The third-order valence-corrected chi connectivity index (χ3v) is 2.68. The van der Waals surface area contributed by atoms with Gasteiger partial charge in [-0.3, -0.25) is 0 Å². The summed E-state index contributed by atoms with van der Waals surface area (Å²) >= 11 is 0. The van der Waals surface area contributed by atoms with Crippen LogP contribution in [0.3, 0.4) is 0 Å². The van der Waals surface area contributed by atoms with Crippen LogP contribution in [0.1, 0.15) is 12.5 Å². The topological polar surface area (TPSA) is 67.8 Å². The van der Waals surface area contributed by atoms with E-state index >= 15 is 0 Å². The number of ether oxygens (including phenoxy) is 2. The Morgan fingerprint density at radius 1 is 1.44 bits per heavy atom. The Kier molecular flexibility index (Phi) is 4.55. The lowest BCUT2D eigenvalue weighted by Gasteiger charge is -2.22. The SMILES string of the molecule is COC(=O)C(C)(O)CNc1ccc(OC)cc1C. The fraction of sp³-hybridized carbons (Fsp3) is 0.462. The van der Waals surface area contributed by atoms with Crippen molar-refractivity contribution in [1.29, 1.82) is 0 Å². The van der Waals surface area contributed by atoms with E-state index in [1.807, 2.05) is 25.1 Å².